The molecule has 0 amide bonds. The van der Waals surface area contributed by atoms with Gasteiger partial charge in [-0.1, -0.05) is 0 Å². The lowest BCUT2D eigenvalue weighted by molar-refractivity contribution is 0.0665. The number of aryl methyl sites for hydroxylation is 2. The number of aromatic carboxylic acids is 1. The highest BCUT2D eigenvalue weighted by atomic mass is 16.4. The predicted octanol–water partition coefficient (Wildman–Crippen LogP) is 2.75. The lowest BCUT2D eigenvalue weighted by Gasteiger charge is -1.97. The highest BCUT2D eigenvalue weighted by Crippen LogP contribution is 2.22. The molecule has 0 aliphatic carbocycles. The van der Waals surface area contributed by atoms with Gasteiger partial charge in [-0.3, -0.25) is 0 Å². The fourth-order valence-electron chi connectivity index (χ4n) is 1.41. The molecule has 1 N–H and O–H groups in total. The molecule has 1 aromatic carbocycles. The van der Waals surface area contributed by atoms with Gasteiger partial charge in [0.25, 0.3) is 0 Å². The molecule has 0 fully saturated rings. The van der Waals surface area contributed by atoms with E-state index in [1.165, 1.54) is 0 Å². The molecule has 3 nitrogen and oxygen atoms in total. The van der Waals surface area contributed by atoms with Crippen molar-refractivity contribution in [1.29, 1.82) is 0 Å². The largest absolute Gasteiger partial charge is 0.475 e. The fraction of sp³-hybridized carbons (Fsp3) is 0.182. The van der Waals surface area contributed by atoms with Crippen LogP contribution < -0.4 is 0 Å². The summed E-state index contributed by atoms with van der Waals surface area (Å²) in [6.07, 6.45) is 0. The van der Waals surface area contributed by atoms with Gasteiger partial charge in [0.1, 0.15) is 5.58 Å². The van der Waals surface area contributed by atoms with E-state index >= 15 is 0 Å². The third-order valence-electron chi connectivity index (χ3n) is 2.34. The first-order valence-corrected chi connectivity index (χ1v) is 4.32. The molecule has 0 radical (unpaired) electrons. The number of carboxylic acid groups (broad SMARTS) is 1. The van der Waals surface area contributed by atoms with E-state index in [0.29, 0.717) is 5.58 Å². The van der Waals surface area contributed by atoms with E-state index in [0.717, 1.165) is 16.5 Å². The zero-order chi connectivity index (χ0) is 10.3. The second-order valence-corrected chi connectivity index (χ2v) is 3.39. The van der Waals surface area contributed by atoms with Crippen LogP contribution in [0.15, 0.2) is 22.6 Å². The van der Waals surface area contributed by atoms with Crippen molar-refractivity contribution < 1.29 is 14.3 Å². The Morgan fingerprint density at radius 2 is 1.86 bits per heavy atom. The quantitative estimate of drug-likeness (QED) is 0.752. The first-order valence-electron chi connectivity index (χ1n) is 4.32. The van der Waals surface area contributed by atoms with Gasteiger partial charge in [0.2, 0.25) is 5.76 Å². The molecule has 2 aromatic rings. The van der Waals surface area contributed by atoms with Gasteiger partial charge in [-0.2, -0.15) is 0 Å². The SMILES string of the molecule is Cc1cc2cc(C(=O)O)oc2cc1C. The highest BCUT2D eigenvalue weighted by molar-refractivity contribution is 5.91. The van der Waals surface area contributed by atoms with Crippen LogP contribution >= 0.6 is 0 Å². The van der Waals surface area contributed by atoms with Gasteiger partial charge in [-0.05, 0) is 43.2 Å². The van der Waals surface area contributed by atoms with Crippen molar-refractivity contribution in [2.24, 2.45) is 0 Å². The first kappa shape index (κ1) is 8.81. The van der Waals surface area contributed by atoms with Gasteiger partial charge >= 0.3 is 5.97 Å². The molecule has 14 heavy (non-hydrogen) atoms. The summed E-state index contributed by atoms with van der Waals surface area (Å²) in [5.41, 5.74) is 2.87. The lowest BCUT2D eigenvalue weighted by Crippen LogP contribution is -1.91. The first-order chi connectivity index (χ1) is 6.58. The van der Waals surface area contributed by atoms with Crippen LogP contribution in [0.25, 0.3) is 11.0 Å². The van der Waals surface area contributed by atoms with Gasteiger partial charge < -0.3 is 9.52 Å². The molecule has 72 valence electrons. The van der Waals surface area contributed by atoms with Crippen LogP contribution in [0.3, 0.4) is 0 Å². The van der Waals surface area contributed by atoms with Gasteiger partial charge in [-0.15, -0.1) is 0 Å². The van der Waals surface area contributed by atoms with Crippen LogP contribution in [0.1, 0.15) is 21.7 Å². The highest BCUT2D eigenvalue weighted by Gasteiger charge is 2.10. The summed E-state index contributed by atoms with van der Waals surface area (Å²) in [7, 11) is 0. The van der Waals surface area contributed by atoms with E-state index in [9.17, 15) is 4.79 Å². The maximum atomic E-state index is 10.6. The maximum Gasteiger partial charge on any atom is 0.371 e. The predicted molar refractivity (Wildman–Crippen MR) is 52.6 cm³/mol. The number of benzene rings is 1. The Balaban J connectivity index is 2.72. The van der Waals surface area contributed by atoms with Crippen LogP contribution in [0.2, 0.25) is 0 Å². The minimum Gasteiger partial charge on any atom is -0.475 e. The van der Waals surface area contributed by atoms with E-state index in [1.54, 1.807) is 6.07 Å². The third-order valence-corrected chi connectivity index (χ3v) is 2.34. The Hall–Kier alpha value is -1.77. The Morgan fingerprint density at radius 1 is 1.21 bits per heavy atom. The summed E-state index contributed by atoms with van der Waals surface area (Å²) in [5.74, 6) is -1.04. The average molecular weight is 190 g/mol. The molecule has 0 bridgehead atoms. The molecule has 1 aromatic heterocycles. The van der Waals surface area contributed by atoms with Crippen molar-refractivity contribution in [3.63, 3.8) is 0 Å². The third kappa shape index (κ3) is 1.27. The van der Waals surface area contributed by atoms with Gasteiger partial charge in [0, 0.05) is 5.39 Å². The summed E-state index contributed by atoms with van der Waals surface area (Å²) in [4.78, 5) is 10.6. The van der Waals surface area contributed by atoms with Crippen LogP contribution in [0.4, 0.5) is 0 Å². The topological polar surface area (TPSA) is 50.4 Å². The summed E-state index contributed by atoms with van der Waals surface area (Å²) in [6, 6.07) is 5.34. The normalized spacial score (nSPS) is 10.7. The smallest absolute Gasteiger partial charge is 0.371 e. The fourth-order valence-corrected chi connectivity index (χ4v) is 1.41. The van der Waals surface area contributed by atoms with Crippen molar-refractivity contribution in [3.8, 4) is 0 Å². The van der Waals surface area contributed by atoms with E-state index in [1.807, 2.05) is 26.0 Å². The van der Waals surface area contributed by atoms with Crippen LogP contribution in [0, 0.1) is 13.8 Å². The number of carboxylic acids is 1. The molecule has 0 aliphatic rings. The number of hydrogen-bond acceptors (Lipinski definition) is 2. The van der Waals surface area contributed by atoms with Crippen LogP contribution in [-0.4, -0.2) is 11.1 Å². The molecule has 0 atom stereocenters. The average Bonchev–Trinajstić information content (AvgIpc) is 2.48. The zero-order valence-electron chi connectivity index (χ0n) is 8.00. The molecule has 2 rings (SSSR count). The Morgan fingerprint density at radius 3 is 2.50 bits per heavy atom. The number of rotatable bonds is 1. The molecular weight excluding hydrogens is 180 g/mol. The summed E-state index contributed by atoms with van der Waals surface area (Å²) in [6.45, 7) is 3.96. The van der Waals surface area contributed by atoms with Gasteiger partial charge in [0.15, 0.2) is 0 Å². The van der Waals surface area contributed by atoms with Gasteiger partial charge in [0.05, 0.1) is 0 Å². The van der Waals surface area contributed by atoms with Crippen LogP contribution in [0.5, 0.6) is 0 Å². The molecule has 0 aliphatic heterocycles. The number of furan rings is 1. The van der Waals surface area contributed by atoms with E-state index in [4.69, 9.17) is 9.52 Å². The zero-order valence-corrected chi connectivity index (χ0v) is 8.00. The summed E-state index contributed by atoms with van der Waals surface area (Å²) in [5, 5.41) is 9.57. The monoisotopic (exact) mass is 190 g/mol. The van der Waals surface area contributed by atoms with E-state index < -0.39 is 5.97 Å². The minimum absolute atomic E-state index is 0.00926. The lowest BCUT2D eigenvalue weighted by atomic mass is 10.1. The van der Waals surface area contributed by atoms with Crippen molar-refractivity contribution >= 4 is 16.9 Å². The van der Waals surface area contributed by atoms with Gasteiger partial charge in [-0.25, -0.2) is 4.79 Å². The molecule has 0 saturated carbocycles. The van der Waals surface area contributed by atoms with E-state index in [2.05, 4.69) is 0 Å². The Kier molecular flexibility index (Phi) is 1.81. The molecular formula is C11H10O3. The van der Waals surface area contributed by atoms with Crippen molar-refractivity contribution in [3.05, 3.63) is 35.1 Å². The molecule has 1 heterocycles. The maximum absolute atomic E-state index is 10.6. The van der Waals surface area contributed by atoms with E-state index in [-0.39, 0.29) is 5.76 Å². The van der Waals surface area contributed by atoms with Crippen molar-refractivity contribution in [2.75, 3.05) is 0 Å². The second kappa shape index (κ2) is 2.87. The Bertz CT molecular complexity index is 469. The standard InChI is InChI=1S/C11H10O3/c1-6-3-8-5-10(11(12)13)14-9(8)4-7(6)2/h3-5H,1-2H3,(H,12,13). The number of carbonyl (C=O) groups is 1. The van der Waals surface area contributed by atoms with Crippen LogP contribution in [-0.2, 0) is 0 Å². The molecule has 0 spiro atoms. The summed E-state index contributed by atoms with van der Waals surface area (Å²) >= 11 is 0. The molecule has 0 saturated heterocycles. The van der Waals surface area contributed by atoms with Crippen molar-refractivity contribution in [2.45, 2.75) is 13.8 Å². The number of hydrogen-bond donors (Lipinski definition) is 1. The summed E-state index contributed by atoms with van der Waals surface area (Å²) < 4.78 is 5.17. The molecule has 3 heteroatoms. The minimum atomic E-state index is -1.03. The number of fused-ring (bicyclic) bond motifs is 1. The Labute approximate surface area is 81.0 Å². The second-order valence-electron chi connectivity index (χ2n) is 3.39. The van der Waals surface area contributed by atoms with Crippen molar-refractivity contribution in [1.82, 2.24) is 0 Å². The molecule has 0 unspecified atom stereocenters.